The molecule has 0 fully saturated rings. The lowest BCUT2D eigenvalue weighted by molar-refractivity contribution is -0.384. The summed E-state index contributed by atoms with van der Waals surface area (Å²) in [6, 6.07) is 8.59. The fourth-order valence-corrected chi connectivity index (χ4v) is 3.10. The number of carbonyl (C=O) groups excluding carboxylic acids is 2. The van der Waals surface area contributed by atoms with Gasteiger partial charge in [0.05, 0.1) is 22.7 Å². The number of amides is 2. The van der Waals surface area contributed by atoms with Gasteiger partial charge in [0.2, 0.25) is 5.91 Å². The van der Waals surface area contributed by atoms with Gasteiger partial charge in [0.15, 0.2) is 11.5 Å². The highest BCUT2D eigenvalue weighted by molar-refractivity contribution is 6.10. The summed E-state index contributed by atoms with van der Waals surface area (Å²) < 4.78 is 16.2. The van der Waals surface area contributed by atoms with E-state index in [1.807, 2.05) is 6.92 Å². The van der Waals surface area contributed by atoms with Crippen LogP contribution in [-0.4, -0.2) is 56.3 Å². The summed E-state index contributed by atoms with van der Waals surface area (Å²) in [6.45, 7) is 4.58. The second-order valence-electron chi connectivity index (χ2n) is 7.07. The third-order valence-electron chi connectivity index (χ3n) is 4.66. The topological polar surface area (TPSA) is 141 Å². The molecule has 11 nitrogen and oxygen atoms in total. The molecule has 2 amide bonds. The second kappa shape index (κ2) is 11.8. The molecule has 2 aromatic rings. The fourth-order valence-electron chi connectivity index (χ4n) is 3.10. The minimum Gasteiger partial charge on any atom is -0.486 e. The van der Waals surface area contributed by atoms with Gasteiger partial charge >= 0.3 is 0 Å². The molecular formula is C22H26N4O7. The molecular weight excluding hydrogens is 432 g/mol. The number of nitro groups is 1. The maximum absolute atomic E-state index is 12.9. The number of nitrogens with one attached hydrogen (secondary N) is 3. The molecule has 176 valence electrons. The normalized spacial score (nSPS) is 12.2. The predicted molar refractivity (Wildman–Crippen MR) is 121 cm³/mol. The molecule has 0 unspecified atom stereocenters. The molecule has 1 aliphatic rings. The minimum absolute atomic E-state index is 0.0202. The van der Waals surface area contributed by atoms with Crippen LogP contribution in [0.3, 0.4) is 0 Å². The number of anilines is 2. The van der Waals surface area contributed by atoms with Crippen molar-refractivity contribution in [1.29, 1.82) is 0 Å². The van der Waals surface area contributed by atoms with Crippen LogP contribution in [0.25, 0.3) is 0 Å². The number of ether oxygens (including phenoxy) is 3. The average molecular weight is 458 g/mol. The van der Waals surface area contributed by atoms with Crippen molar-refractivity contribution in [3.8, 4) is 11.5 Å². The molecule has 0 radical (unpaired) electrons. The molecule has 0 aliphatic carbocycles. The van der Waals surface area contributed by atoms with Gasteiger partial charge in [0, 0.05) is 37.1 Å². The number of fused-ring (bicyclic) bond motifs is 1. The first-order valence-corrected chi connectivity index (χ1v) is 10.6. The minimum atomic E-state index is -0.615. The first kappa shape index (κ1) is 24.0. The quantitative estimate of drug-likeness (QED) is 0.265. The van der Waals surface area contributed by atoms with Gasteiger partial charge < -0.3 is 30.2 Å². The van der Waals surface area contributed by atoms with Crippen molar-refractivity contribution in [2.45, 2.75) is 13.3 Å². The monoisotopic (exact) mass is 458 g/mol. The summed E-state index contributed by atoms with van der Waals surface area (Å²) in [5.74, 6) is 0.0577. The third kappa shape index (κ3) is 6.89. The maximum atomic E-state index is 12.9. The molecule has 3 N–H and O–H groups in total. The molecule has 0 spiro atoms. The zero-order chi connectivity index (χ0) is 23.6. The van der Waals surface area contributed by atoms with Crippen LogP contribution in [0.2, 0.25) is 0 Å². The van der Waals surface area contributed by atoms with Crippen LogP contribution in [0, 0.1) is 10.1 Å². The molecule has 0 saturated heterocycles. The van der Waals surface area contributed by atoms with Gasteiger partial charge in [-0.3, -0.25) is 19.7 Å². The Labute approximate surface area is 190 Å². The number of benzene rings is 2. The molecule has 0 saturated carbocycles. The van der Waals surface area contributed by atoms with Crippen LogP contribution in [-0.2, 0) is 9.53 Å². The number of non-ortho nitro benzene ring substituents is 1. The average Bonchev–Trinajstić information content (AvgIpc) is 2.81. The van der Waals surface area contributed by atoms with Crippen molar-refractivity contribution in [2.75, 3.05) is 50.2 Å². The van der Waals surface area contributed by atoms with Gasteiger partial charge in [-0.15, -0.1) is 0 Å². The molecule has 11 heteroatoms. The smallest absolute Gasteiger partial charge is 0.270 e. The lowest BCUT2D eigenvalue weighted by Crippen LogP contribution is -2.30. The highest BCUT2D eigenvalue weighted by Gasteiger charge is 2.20. The largest absolute Gasteiger partial charge is 0.486 e. The highest BCUT2D eigenvalue weighted by Crippen LogP contribution is 2.33. The first-order valence-electron chi connectivity index (χ1n) is 10.6. The summed E-state index contributed by atoms with van der Waals surface area (Å²) >= 11 is 0. The van der Waals surface area contributed by atoms with Crippen LogP contribution in [0.1, 0.15) is 23.7 Å². The Morgan fingerprint density at radius 3 is 2.64 bits per heavy atom. The molecule has 3 rings (SSSR count). The summed E-state index contributed by atoms with van der Waals surface area (Å²) in [5.41, 5.74) is 0.277. The van der Waals surface area contributed by atoms with Crippen molar-refractivity contribution < 1.29 is 28.7 Å². The zero-order valence-electron chi connectivity index (χ0n) is 18.2. The van der Waals surface area contributed by atoms with E-state index >= 15 is 0 Å². The van der Waals surface area contributed by atoms with E-state index in [2.05, 4.69) is 16.0 Å². The predicted octanol–water partition coefficient (Wildman–Crippen LogP) is 2.57. The molecule has 1 heterocycles. The van der Waals surface area contributed by atoms with E-state index in [1.54, 1.807) is 18.2 Å². The Kier molecular flexibility index (Phi) is 8.56. The summed E-state index contributed by atoms with van der Waals surface area (Å²) in [4.78, 5) is 35.9. The number of rotatable bonds is 11. The van der Waals surface area contributed by atoms with Gasteiger partial charge in [0.25, 0.3) is 11.6 Å². The summed E-state index contributed by atoms with van der Waals surface area (Å²) in [5, 5.41) is 19.5. The third-order valence-corrected chi connectivity index (χ3v) is 4.66. The van der Waals surface area contributed by atoms with Gasteiger partial charge in [-0.1, -0.05) is 0 Å². The SMILES string of the molecule is CCOCCCNCC(=O)Nc1ccc([N+](=O)[O-])cc1C(=O)Nc1ccc2c(c1)OCCO2. The van der Waals surface area contributed by atoms with Crippen LogP contribution in [0.5, 0.6) is 11.5 Å². The Bertz CT molecular complexity index is 1010. The van der Waals surface area contributed by atoms with Crippen LogP contribution in [0.15, 0.2) is 36.4 Å². The van der Waals surface area contributed by atoms with E-state index in [0.717, 1.165) is 12.5 Å². The van der Waals surface area contributed by atoms with Gasteiger partial charge in [-0.25, -0.2) is 0 Å². The summed E-state index contributed by atoms with van der Waals surface area (Å²) in [6.07, 6.45) is 0.752. The number of carbonyl (C=O) groups is 2. The van der Waals surface area contributed by atoms with E-state index < -0.39 is 10.8 Å². The molecule has 0 atom stereocenters. The zero-order valence-corrected chi connectivity index (χ0v) is 18.2. The van der Waals surface area contributed by atoms with Crippen molar-refractivity contribution >= 4 is 28.9 Å². The number of hydrogen-bond acceptors (Lipinski definition) is 8. The standard InChI is InChI=1S/C22H26N4O7/c1-2-31-9-3-8-23-14-21(27)25-18-6-5-16(26(29)30)13-17(18)22(28)24-15-4-7-19-20(12-15)33-11-10-32-19/h4-7,12-13,23H,2-3,8-11,14H2,1H3,(H,24,28)(H,25,27). The van der Waals surface area contributed by atoms with E-state index in [4.69, 9.17) is 14.2 Å². The van der Waals surface area contributed by atoms with Gasteiger partial charge in [-0.05, 0) is 38.1 Å². The van der Waals surface area contributed by atoms with Crippen LogP contribution >= 0.6 is 0 Å². The Balaban J connectivity index is 1.69. The molecule has 2 aromatic carbocycles. The molecule has 0 bridgehead atoms. The molecule has 33 heavy (non-hydrogen) atoms. The maximum Gasteiger partial charge on any atom is 0.270 e. The van der Waals surface area contributed by atoms with E-state index in [-0.39, 0.29) is 29.4 Å². The van der Waals surface area contributed by atoms with Gasteiger partial charge in [0.1, 0.15) is 13.2 Å². The summed E-state index contributed by atoms with van der Waals surface area (Å²) in [7, 11) is 0. The van der Waals surface area contributed by atoms with E-state index in [0.29, 0.717) is 50.2 Å². The Morgan fingerprint density at radius 1 is 1.09 bits per heavy atom. The van der Waals surface area contributed by atoms with Crippen molar-refractivity contribution in [2.24, 2.45) is 0 Å². The fraction of sp³-hybridized carbons (Fsp3) is 0.364. The molecule has 1 aliphatic heterocycles. The Morgan fingerprint density at radius 2 is 1.88 bits per heavy atom. The van der Waals surface area contributed by atoms with Gasteiger partial charge in [-0.2, -0.15) is 0 Å². The lowest BCUT2D eigenvalue weighted by atomic mass is 10.1. The van der Waals surface area contributed by atoms with E-state index in [1.165, 1.54) is 12.1 Å². The van der Waals surface area contributed by atoms with Crippen LogP contribution < -0.4 is 25.4 Å². The number of nitrogens with zero attached hydrogens (tertiary/aromatic N) is 1. The lowest BCUT2D eigenvalue weighted by Gasteiger charge is -2.19. The molecule has 0 aromatic heterocycles. The second-order valence-corrected chi connectivity index (χ2v) is 7.07. The van der Waals surface area contributed by atoms with Crippen LogP contribution in [0.4, 0.5) is 17.1 Å². The number of nitro benzene ring substituents is 1. The van der Waals surface area contributed by atoms with Crippen molar-refractivity contribution in [1.82, 2.24) is 5.32 Å². The van der Waals surface area contributed by atoms with Crippen molar-refractivity contribution in [3.63, 3.8) is 0 Å². The van der Waals surface area contributed by atoms with E-state index in [9.17, 15) is 19.7 Å². The number of hydrogen-bond donors (Lipinski definition) is 3. The van der Waals surface area contributed by atoms with Crippen molar-refractivity contribution in [3.05, 3.63) is 52.1 Å². The Hall–Kier alpha value is -3.70. The highest BCUT2D eigenvalue weighted by atomic mass is 16.6. The first-order chi connectivity index (χ1) is 16.0.